The van der Waals surface area contributed by atoms with E-state index < -0.39 is 27.2 Å². The van der Waals surface area contributed by atoms with Crippen molar-refractivity contribution < 1.29 is 31.2 Å². The van der Waals surface area contributed by atoms with E-state index in [1.165, 1.54) is 79.6 Å². The summed E-state index contributed by atoms with van der Waals surface area (Å²) in [5, 5.41) is 3.91. The summed E-state index contributed by atoms with van der Waals surface area (Å²) in [4.78, 5) is 12.9. The Bertz CT molecular complexity index is 1840. The predicted octanol–water partition coefficient (Wildman–Crippen LogP) is 4.74. The number of nitrogens with one attached hydrogen (secondary N) is 1. The van der Waals surface area contributed by atoms with Gasteiger partial charge in [0.15, 0.2) is 5.82 Å². The maximum atomic E-state index is 15.4. The van der Waals surface area contributed by atoms with Gasteiger partial charge in [-0.2, -0.15) is 0 Å². The van der Waals surface area contributed by atoms with E-state index in [-0.39, 0.29) is 39.0 Å². The molecule has 0 radical (unpaired) electrons. The Morgan fingerprint density at radius 1 is 0.895 bits per heavy atom. The van der Waals surface area contributed by atoms with Gasteiger partial charge >= 0.3 is 0 Å². The van der Waals surface area contributed by atoms with E-state index in [1.807, 2.05) is 0 Å². The molecule has 12 heteroatoms. The van der Waals surface area contributed by atoms with Crippen molar-refractivity contribution in [3.63, 3.8) is 0 Å². The highest BCUT2D eigenvalue weighted by atomic mass is 32.2. The van der Waals surface area contributed by atoms with Crippen molar-refractivity contribution in [2.75, 3.05) is 18.9 Å². The van der Waals surface area contributed by atoms with Crippen LogP contribution in [0.4, 0.5) is 14.6 Å². The Labute approximate surface area is 214 Å². The quantitative estimate of drug-likeness (QED) is 0.318. The number of ether oxygens (including phenoxy) is 2. The minimum atomic E-state index is -4.02. The van der Waals surface area contributed by atoms with Crippen LogP contribution in [0.2, 0.25) is 0 Å². The van der Waals surface area contributed by atoms with Crippen LogP contribution in [0.25, 0.3) is 27.7 Å². The van der Waals surface area contributed by atoms with E-state index in [9.17, 15) is 17.6 Å². The van der Waals surface area contributed by atoms with Gasteiger partial charge in [0.1, 0.15) is 29.4 Å². The first-order valence-electron chi connectivity index (χ1n) is 11.0. The first-order chi connectivity index (χ1) is 18.2. The average Bonchev–Trinajstić information content (AvgIpc) is 3.41. The monoisotopic (exact) mass is 539 g/mol. The van der Waals surface area contributed by atoms with E-state index in [2.05, 4.69) is 14.4 Å². The number of aromatic nitrogens is 2. The van der Waals surface area contributed by atoms with Crippen LogP contribution in [0.3, 0.4) is 0 Å². The maximum absolute atomic E-state index is 15.4. The topological polar surface area (TPSA) is 113 Å². The van der Waals surface area contributed by atoms with Crippen LogP contribution in [-0.4, -0.2) is 32.4 Å². The van der Waals surface area contributed by atoms with Crippen LogP contribution in [0.15, 0.2) is 87.2 Å². The third-order valence-electron chi connectivity index (χ3n) is 5.83. The van der Waals surface area contributed by atoms with E-state index in [4.69, 9.17) is 9.47 Å². The molecular weight excluding hydrogens is 520 g/mol. The van der Waals surface area contributed by atoms with Crippen molar-refractivity contribution >= 4 is 26.7 Å². The van der Waals surface area contributed by atoms with Gasteiger partial charge in [-0.25, -0.2) is 17.2 Å². The molecule has 2 heterocycles. The molecule has 5 rings (SSSR count). The van der Waals surface area contributed by atoms with Gasteiger partial charge in [0, 0.05) is 40.8 Å². The molecule has 0 amide bonds. The highest BCUT2D eigenvalue weighted by molar-refractivity contribution is 7.92. The zero-order valence-electron chi connectivity index (χ0n) is 19.9. The molecule has 0 spiro atoms. The van der Waals surface area contributed by atoms with Gasteiger partial charge in [0.2, 0.25) is 0 Å². The number of methoxy groups -OCH3 is 2. The number of halogens is 2. The van der Waals surface area contributed by atoms with Gasteiger partial charge in [-0.1, -0.05) is 5.16 Å². The normalized spacial score (nSPS) is 11.5. The third-order valence-corrected chi connectivity index (χ3v) is 7.18. The van der Waals surface area contributed by atoms with Crippen LogP contribution < -0.4 is 19.8 Å². The second kappa shape index (κ2) is 9.63. The molecule has 3 aromatic carbocycles. The molecule has 38 heavy (non-hydrogen) atoms. The summed E-state index contributed by atoms with van der Waals surface area (Å²) < 4.78 is 74.2. The Morgan fingerprint density at radius 3 is 2.37 bits per heavy atom. The number of sulfonamides is 1. The summed E-state index contributed by atoms with van der Waals surface area (Å²) in [6.07, 6.45) is 1.22. The smallest absolute Gasteiger partial charge is 0.263 e. The Balaban J connectivity index is 1.64. The Kier molecular flexibility index (Phi) is 6.33. The molecule has 0 aliphatic heterocycles. The zero-order chi connectivity index (χ0) is 27.0. The number of hydrogen-bond acceptors (Lipinski definition) is 7. The summed E-state index contributed by atoms with van der Waals surface area (Å²) in [5.74, 6) is -1.13. The lowest BCUT2D eigenvalue weighted by molar-refractivity contribution is 0.411. The van der Waals surface area contributed by atoms with Gasteiger partial charge in [-0.05, 0) is 42.5 Å². The molecule has 0 unspecified atom stereocenters. The lowest BCUT2D eigenvalue weighted by Gasteiger charge is -2.17. The Morgan fingerprint density at radius 2 is 1.68 bits per heavy atom. The molecule has 9 nitrogen and oxygen atoms in total. The third kappa shape index (κ3) is 4.45. The molecule has 0 fully saturated rings. The first kappa shape index (κ1) is 25.0. The van der Waals surface area contributed by atoms with E-state index >= 15 is 4.39 Å². The molecule has 0 atom stereocenters. The van der Waals surface area contributed by atoms with E-state index in [0.717, 1.165) is 12.1 Å². The Hall–Kier alpha value is -4.71. The largest absolute Gasteiger partial charge is 0.497 e. The van der Waals surface area contributed by atoms with Gasteiger partial charge in [0.25, 0.3) is 15.6 Å². The maximum Gasteiger partial charge on any atom is 0.263 e. The zero-order valence-corrected chi connectivity index (χ0v) is 20.8. The molecule has 0 aliphatic carbocycles. The van der Waals surface area contributed by atoms with Crippen LogP contribution in [0.1, 0.15) is 0 Å². The van der Waals surface area contributed by atoms with Crippen molar-refractivity contribution in [2.45, 2.75) is 4.90 Å². The minimum absolute atomic E-state index is 0.00339. The average molecular weight is 540 g/mol. The molecule has 0 saturated carbocycles. The fourth-order valence-electron chi connectivity index (χ4n) is 4.03. The van der Waals surface area contributed by atoms with Crippen LogP contribution >= 0.6 is 0 Å². The fourth-order valence-corrected chi connectivity index (χ4v) is 5.06. The van der Waals surface area contributed by atoms with E-state index in [0.29, 0.717) is 10.9 Å². The number of nitrogens with zero attached hydrogens (tertiary/aromatic N) is 2. The van der Waals surface area contributed by atoms with Crippen LogP contribution in [-0.2, 0) is 10.0 Å². The molecular formula is C26H19F2N3O6S. The number of benzene rings is 3. The van der Waals surface area contributed by atoms with Crippen LogP contribution in [0, 0.1) is 11.6 Å². The summed E-state index contributed by atoms with van der Waals surface area (Å²) in [7, 11) is -1.29. The number of fused-ring (bicyclic) bond motifs is 1. The van der Waals surface area contributed by atoms with Crippen molar-refractivity contribution in [1.29, 1.82) is 0 Å². The molecule has 0 saturated heterocycles. The van der Waals surface area contributed by atoms with Crippen molar-refractivity contribution in [1.82, 2.24) is 9.72 Å². The fraction of sp³-hybridized carbons (Fsp3) is 0.0769. The second-order valence-electron chi connectivity index (χ2n) is 8.07. The second-order valence-corrected chi connectivity index (χ2v) is 9.75. The summed E-state index contributed by atoms with van der Waals surface area (Å²) >= 11 is 0. The molecule has 0 bridgehead atoms. The van der Waals surface area contributed by atoms with E-state index in [1.54, 1.807) is 0 Å². The summed E-state index contributed by atoms with van der Waals surface area (Å²) in [6, 6.07) is 14.5. The molecule has 2 aromatic heterocycles. The molecule has 5 aromatic rings. The van der Waals surface area contributed by atoms with Crippen molar-refractivity contribution in [2.24, 2.45) is 0 Å². The predicted molar refractivity (Wildman–Crippen MR) is 135 cm³/mol. The van der Waals surface area contributed by atoms with Gasteiger partial charge < -0.3 is 14.0 Å². The lowest BCUT2D eigenvalue weighted by atomic mass is 10.0. The number of anilines is 1. The highest BCUT2D eigenvalue weighted by Gasteiger charge is 2.21. The summed E-state index contributed by atoms with van der Waals surface area (Å²) in [5.41, 5.74) is -0.275. The lowest BCUT2D eigenvalue weighted by Crippen LogP contribution is -2.19. The van der Waals surface area contributed by atoms with Crippen LogP contribution in [0.5, 0.6) is 11.5 Å². The van der Waals surface area contributed by atoms with Gasteiger partial charge in [-0.3, -0.25) is 14.1 Å². The van der Waals surface area contributed by atoms with Gasteiger partial charge in [0.05, 0.1) is 30.3 Å². The SMILES string of the molecule is COc1ccc(-c2cc(OC)c(-n3c(=O)ccc4cc(S(=O)(=O)Nc5ccon5)ccc43)cc2F)c(F)c1. The standard InChI is InChI=1S/C26H19F2N3O6S/c1-35-16-4-6-18(20(27)12-16)19-13-24(36-2)23(14-21(19)28)31-22-7-5-17(11-15(22)3-8-26(31)32)38(33,34)30-25-9-10-37-29-25/h3-14H,1-2H3,(H,29,30). The number of rotatable bonds is 7. The van der Waals surface area contributed by atoms with Gasteiger partial charge in [-0.15, -0.1) is 0 Å². The highest BCUT2D eigenvalue weighted by Crippen LogP contribution is 2.35. The first-order valence-corrected chi connectivity index (χ1v) is 12.5. The van der Waals surface area contributed by atoms with Crippen molar-refractivity contribution in [3.05, 3.63) is 95.0 Å². The molecule has 1 N–H and O–H groups in total. The molecule has 0 aliphatic rings. The van der Waals surface area contributed by atoms with Crippen molar-refractivity contribution in [3.8, 4) is 28.3 Å². The number of hydrogen-bond donors (Lipinski definition) is 1. The summed E-state index contributed by atoms with van der Waals surface area (Å²) in [6.45, 7) is 0. The molecule has 194 valence electrons. The minimum Gasteiger partial charge on any atom is -0.497 e. The number of pyridine rings is 1.